The Labute approximate surface area is 189 Å². The highest BCUT2D eigenvalue weighted by molar-refractivity contribution is 5.46. The quantitative estimate of drug-likeness (QED) is 0.440. The van der Waals surface area contributed by atoms with Crippen LogP contribution >= 0.6 is 0 Å². The first kappa shape index (κ1) is 20.4. The summed E-state index contributed by atoms with van der Waals surface area (Å²) in [5.74, 6) is 0.398. The Hall–Kier alpha value is -4.46. The highest BCUT2D eigenvalue weighted by Gasteiger charge is 2.30. The van der Waals surface area contributed by atoms with Gasteiger partial charge in [-0.15, -0.1) is 0 Å². The highest BCUT2D eigenvalue weighted by Crippen LogP contribution is 2.31. The van der Waals surface area contributed by atoms with E-state index in [1.54, 1.807) is 36.7 Å². The van der Waals surface area contributed by atoms with E-state index >= 15 is 0 Å². The maximum absolute atomic E-state index is 13.6. The minimum absolute atomic E-state index is 0.246. The number of aromatic amines is 2. The molecule has 0 saturated heterocycles. The smallest absolute Gasteiger partial charge is 0.277 e. The van der Waals surface area contributed by atoms with Crippen molar-refractivity contribution >= 4 is 0 Å². The number of hydrogen-bond acceptors (Lipinski definition) is 4. The molecule has 5 rings (SSSR count). The van der Waals surface area contributed by atoms with Crippen molar-refractivity contribution in [2.45, 2.75) is 19.8 Å². The molecule has 8 heteroatoms. The van der Waals surface area contributed by atoms with Gasteiger partial charge in [0.25, 0.3) is 11.1 Å². The number of pyridine rings is 2. The number of hydrogen-bond donors (Lipinski definition) is 2. The van der Waals surface area contributed by atoms with Gasteiger partial charge in [0.2, 0.25) is 0 Å². The van der Waals surface area contributed by atoms with Gasteiger partial charge in [0.1, 0.15) is 0 Å². The van der Waals surface area contributed by atoms with Crippen LogP contribution in [0.3, 0.4) is 0 Å². The number of nitrogens with one attached hydrogen (secondary N) is 2. The fourth-order valence-electron chi connectivity index (χ4n) is 4.22. The maximum Gasteiger partial charge on any atom is 0.277 e. The second-order valence-electron chi connectivity index (χ2n) is 7.80. The number of nitrogens with zero attached hydrogens (tertiary/aromatic N) is 4. The second kappa shape index (κ2) is 8.23. The van der Waals surface area contributed by atoms with Crippen LogP contribution < -0.4 is 11.1 Å². The van der Waals surface area contributed by atoms with E-state index in [-0.39, 0.29) is 11.1 Å². The first-order valence-corrected chi connectivity index (χ1v) is 10.6. The van der Waals surface area contributed by atoms with Crippen LogP contribution in [0.25, 0.3) is 11.6 Å². The molecule has 8 nitrogen and oxygen atoms in total. The normalized spacial score (nSPS) is 11.2. The van der Waals surface area contributed by atoms with Gasteiger partial charge < -0.3 is 0 Å². The van der Waals surface area contributed by atoms with E-state index in [4.69, 9.17) is 0 Å². The van der Waals surface area contributed by atoms with Crippen molar-refractivity contribution in [1.82, 2.24) is 29.5 Å². The molecule has 0 radical (unpaired) electrons. The predicted molar refractivity (Wildman–Crippen MR) is 125 cm³/mol. The van der Waals surface area contributed by atoms with Crippen LogP contribution in [0.5, 0.6) is 0 Å². The van der Waals surface area contributed by atoms with E-state index in [1.807, 2.05) is 56.3 Å². The lowest BCUT2D eigenvalue weighted by Crippen LogP contribution is -2.25. The number of benzene rings is 1. The van der Waals surface area contributed by atoms with Gasteiger partial charge in [-0.3, -0.25) is 19.8 Å². The van der Waals surface area contributed by atoms with Crippen molar-refractivity contribution in [1.29, 1.82) is 0 Å². The van der Waals surface area contributed by atoms with Crippen LogP contribution in [0.4, 0.5) is 0 Å². The van der Waals surface area contributed by atoms with Gasteiger partial charge in [-0.1, -0.05) is 42.5 Å². The van der Waals surface area contributed by atoms with Gasteiger partial charge in [-0.25, -0.2) is 19.3 Å². The molecule has 0 aliphatic heterocycles. The van der Waals surface area contributed by atoms with Gasteiger partial charge in [-0.2, -0.15) is 0 Å². The minimum atomic E-state index is -0.575. The largest absolute Gasteiger partial charge is 0.294 e. The molecule has 1 aromatic carbocycles. The van der Waals surface area contributed by atoms with Gasteiger partial charge in [0.15, 0.2) is 11.6 Å². The van der Waals surface area contributed by atoms with Crippen molar-refractivity contribution in [2.24, 2.45) is 0 Å². The van der Waals surface area contributed by atoms with Crippen molar-refractivity contribution in [2.75, 3.05) is 0 Å². The summed E-state index contributed by atoms with van der Waals surface area (Å²) < 4.78 is 2.83. The molecule has 0 spiro atoms. The zero-order valence-electron chi connectivity index (χ0n) is 18.2. The predicted octanol–water partition coefficient (Wildman–Crippen LogP) is 3.23. The third-order valence-corrected chi connectivity index (χ3v) is 5.70. The Morgan fingerprint density at radius 3 is 1.55 bits per heavy atom. The first-order valence-electron chi connectivity index (χ1n) is 10.6. The maximum atomic E-state index is 13.6. The molecular weight excluding hydrogens is 416 g/mol. The highest BCUT2D eigenvalue weighted by atomic mass is 16.1. The SMILES string of the molecule is Cc1[nH]n(-c2ccccn2)c(=O)c1C(c1ccccc1)c1c(C)[nH]n(-c2ccccn2)c1=O. The summed E-state index contributed by atoms with van der Waals surface area (Å²) in [6.45, 7) is 3.68. The topological polar surface area (TPSA) is 101 Å². The molecule has 0 unspecified atom stereocenters. The molecule has 0 aliphatic rings. The molecule has 0 bridgehead atoms. The zero-order chi connectivity index (χ0) is 22.9. The number of H-pyrrole nitrogens is 2. The van der Waals surface area contributed by atoms with Crippen LogP contribution in [-0.2, 0) is 0 Å². The van der Waals surface area contributed by atoms with Gasteiger partial charge >= 0.3 is 0 Å². The van der Waals surface area contributed by atoms with Crippen molar-refractivity contribution in [3.8, 4) is 11.6 Å². The fourth-order valence-corrected chi connectivity index (χ4v) is 4.22. The molecule has 0 saturated carbocycles. The summed E-state index contributed by atoms with van der Waals surface area (Å²) in [6, 6.07) is 20.3. The van der Waals surface area contributed by atoms with Gasteiger partial charge in [0.05, 0.1) is 11.1 Å². The molecule has 4 heterocycles. The molecule has 164 valence electrons. The van der Waals surface area contributed by atoms with Crippen molar-refractivity contribution in [3.05, 3.63) is 128 Å². The first-order chi connectivity index (χ1) is 16.1. The number of aryl methyl sites for hydroxylation is 2. The standard InChI is InChI=1S/C25H22N6O2/c1-16-21(24(32)30(28-16)19-12-6-8-14-26-19)23(18-10-4-3-5-11-18)22-17(2)29-31(25(22)33)20-13-7-9-15-27-20/h3-15,23,28-29H,1-2H3. The van der Waals surface area contributed by atoms with Crippen LogP contribution in [0.2, 0.25) is 0 Å². The molecular formula is C25H22N6O2. The lowest BCUT2D eigenvalue weighted by Gasteiger charge is -2.15. The Morgan fingerprint density at radius 2 is 1.12 bits per heavy atom. The summed E-state index contributed by atoms with van der Waals surface area (Å²) in [5.41, 5.74) is 2.69. The summed E-state index contributed by atoms with van der Waals surface area (Å²) in [5, 5.41) is 6.27. The van der Waals surface area contributed by atoms with Crippen LogP contribution in [0.15, 0.2) is 88.7 Å². The molecule has 0 atom stereocenters. The van der Waals surface area contributed by atoms with Crippen molar-refractivity contribution < 1.29 is 0 Å². The molecule has 0 aliphatic carbocycles. The molecule has 0 amide bonds. The summed E-state index contributed by atoms with van der Waals surface area (Å²) in [4.78, 5) is 35.9. The fraction of sp³-hybridized carbons (Fsp3) is 0.120. The molecule has 0 fully saturated rings. The Morgan fingerprint density at radius 1 is 0.667 bits per heavy atom. The van der Waals surface area contributed by atoms with E-state index < -0.39 is 5.92 Å². The molecule has 2 N–H and O–H groups in total. The van der Waals surface area contributed by atoms with Crippen molar-refractivity contribution in [3.63, 3.8) is 0 Å². The van der Waals surface area contributed by atoms with Crippen LogP contribution in [0, 0.1) is 13.8 Å². The zero-order valence-corrected chi connectivity index (χ0v) is 18.2. The van der Waals surface area contributed by atoms with Gasteiger partial charge in [0, 0.05) is 29.7 Å². The lowest BCUT2D eigenvalue weighted by atomic mass is 9.85. The average Bonchev–Trinajstić information content (AvgIpc) is 3.31. The second-order valence-corrected chi connectivity index (χ2v) is 7.80. The van der Waals surface area contributed by atoms with E-state index in [1.165, 1.54) is 9.36 Å². The third-order valence-electron chi connectivity index (χ3n) is 5.70. The monoisotopic (exact) mass is 438 g/mol. The van der Waals surface area contributed by atoms with Crippen LogP contribution in [0.1, 0.15) is 34.0 Å². The number of aromatic nitrogens is 6. The number of rotatable bonds is 5. The van der Waals surface area contributed by atoms with E-state index in [0.29, 0.717) is 34.2 Å². The average molecular weight is 438 g/mol. The summed E-state index contributed by atoms with van der Waals surface area (Å²) in [7, 11) is 0. The summed E-state index contributed by atoms with van der Waals surface area (Å²) in [6.07, 6.45) is 3.27. The molecule has 5 aromatic rings. The van der Waals surface area contributed by atoms with Gasteiger partial charge in [-0.05, 0) is 43.7 Å². The van der Waals surface area contributed by atoms with E-state index in [2.05, 4.69) is 20.2 Å². The van der Waals surface area contributed by atoms with E-state index in [9.17, 15) is 9.59 Å². The Kier molecular flexibility index (Phi) is 5.10. The molecule has 33 heavy (non-hydrogen) atoms. The minimum Gasteiger partial charge on any atom is -0.294 e. The molecule has 4 aromatic heterocycles. The Balaban J connectivity index is 1.76. The van der Waals surface area contributed by atoms with E-state index in [0.717, 1.165) is 5.56 Å². The third kappa shape index (κ3) is 3.51. The van der Waals surface area contributed by atoms with Crippen LogP contribution in [-0.4, -0.2) is 29.5 Å². The summed E-state index contributed by atoms with van der Waals surface area (Å²) >= 11 is 0. The lowest BCUT2D eigenvalue weighted by molar-refractivity contribution is 0.803. The Bertz CT molecular complexity index is 1410.